The van der Waals surface area contributed by atoms with Crippen molar-refractivity contribution in [3.05, 3.63) is 100 Å². The smallest absolute Gasteiger partial charge is 0.363 e. The maximum absolute atomic E-state index is 12.4. The standard InChI is InChI=1S/C27H25NO4/c1-4-30-25-16-21(13-14-24(25)31-17-20-11-9-18(2)10-12-20)15-23-27(29)32-26(28-23)22-8-6-5-7-19(22)3/h5-16H,4,17H2,1-3H3/b23-15-. The Morgan fingerprint density at radius 1 is 0.938 bits per heavy atom. The van der Waals surface area contributed by atoms with Crippen molar-refractivity contribution in [3.63, 3.8) is 0 Å². The van der Waals surface area contributed by atoms with Gasteiger partial charge >= 0.3 is 5.97 Å². The molecule has 0 saturated carbocycles. The van der Waals surface area contributed by atoms with E-state index in [2.05, 4.69) is 24.0 Å². The fourth-order valence-electron chi connectivity index (χ4n) is 3.34. The van der Waals surface area contributed by atoms with Gasteiger partial charge in [0.15, 0.2) is 17.2 Å². The SMILES string of the molecule is CCOc1cc(/C=C2\N=C(c3ccccc3C)OC2=O)ccc1OCc1ccc(C)cc1. The number of hydrogen-bond acceptors (Lipinski definition) is 5. The Balaban J connectivity index is 1.56. The van der Waals surface area contributed by atoms with Crippen LogP contribution in [0.3, 0.4) is 0 Å². The van der Waals surface area contributed by atoms with Crippen LogP contribution in [0.25, 0.3) is 6.08 Å². The third kappa shape index (κ3) is 4.89. The molecule has 3 aromatic rings. The van der Waals surface area contributed by atoms with Crippen LogP contribution in [0, 0.1) is 13.8 Å². The van der Waals surface area contributed by atoms with Gasteiger partial charge in [0.05, 0.1) is 6.61 Å². The van der Waals surface area contributed by atoms with Crippen LogP contribution in [-0.2, 0) is 16.1 Å². The first-order chi connectivity index (χ1) is 15.5. The fraction of sp³-hybridized carbons (Fsp3) is 0.185. The topological polar surface area (TPSA) is 57.1 Å². The predicted molar refractivity (Wildman–Crippen MR) is 125 cm³/mol. The molecule has 5 heteroatoms. The summed E-state index contributed by atoms with van der Waals surface area (Å²) in [6, 6.07) is 21.4. The number of benzene rings is 3. The van der Waals surface area contributed by atoms with E-state index < -0.39 is 5.97 Å². The average molecular weight is 428 g/mol. The minimum Gasteiger partial charge on any atom is -0.490 e. The molecule has 1 aliphatic rings. The van der Waals surface area contributed by atoms with Crippen molar-refractivity contribution < 1.29 is 19.0 Å². The van der Waals surface area contributed by atoms with Crippen molar-refractivity contribution >= 4 is 17.9 Å². The Bertz CT molecular complexity index is 1190. The highest BCUT2D eigenvalue weighted by Crippen LogP contribution is 2.31. The van der Waals surface area contributed by atoms with E-state index in [1.807, 2.05) is 68.4 Å². The van der Waals surface area contributed by atoms with E-state index in [0.717, 1.165) is 22.3 Å². The zero-order valence-corrected chi connectivity index (χ0v) is 18.4. The second-order valence-electron chi connectivity index (χ2n) is 7.56. The van der Waals surface area contributed by atoms with Crippen LogP contribution in [0.2, 0.25) is 0 Å². The zero-order valence-electron chi connectivity index (χ0n) is 18.4. The number of nitrogens with zero attached hydrogens (tertiary/aromatic N) is 1. The fourth-order valence-corrected chi connectivity index (χ4v) is 3.34. The van der Waals surface area contributed by atoms with Gasteiger partial charge in [-0.2, -0.15) is 0 Å². The average Bonchev–Trinajstić information content (AvgIpc) is 3.15. The number of carbonyl (C=O) groups excluding carboxylic acids is 1. The normalized spacial score (nSPS) is 14.3. The van der Waals surface area contributed by atoms with Crippen molar-refractivity contribution in [1.82, 2.24) is 0 Å². The first-order valence-corrected chi connectivity index (χ1v) is 10.6. The van der Waals surface area contributed by atoms with Crippen molar-refractivity contribution in [2.75, 3.05) is 6.61 Å². The Kier molecular flexibility index (Phi) is 6.36. The molecule has 162 valence electrons. The number of aliphatic imine (C=N–C) groups is 1. The molecule has 0 N–H and O–H groups in total. The lowest BCUT2D eigenvalue weighted by molar-refractivity contribution is -0.129. The molecule has 0 amide bonds. The molecule has 0 aliphatic carbocycles. The van der Waals surface area contributed by atoms with E-state index in [9.17, 15) is 4.79 Å². The number of esters is 1. The lowest BCUT2D eigenvalue weighted by Gasteiger charge is -2.13. The Morgan fingerprint density at radius 2 is 1.72 bits per heavy atom. The van der Waals surface area contributed by atoms with Crippen LogP contribution < -0.4 is 9.47 Å². The van der Waals surface area contributed by atoms with Crippen LogP contribution >= 0.6 is 0 Å². The molecule has 5 nitrogen and oxygen atoms in total. The number of hydrogen-bond donors (Lipinski definition) is 0. The predicted octanol–water partition coefficient (Wildman–Crippen LogP) is 5.63. The van der Waals surface area contributed by atoms with Gasteiger partial charge in [-0.25, -0.2) is 9.79 Å². The van der Waals surface area contributed by atoms with Crippen molar-refractivity contribution in [1.29, 1.82) is 0 Å². The van der Waals surface area contributed by atoms with E-state index in [-0.39, 0.29) is 5.70 Å². The number of aryl methyl sites for hydroxylation is 2. The Labute approximate surface area is 188 Å². The summed E-state index contributed by atoms with van der Waals surface area (Å²) >= 11 is 0. The molecule has 0 saturated heterocycles. The van der Waals surface area contributed by atoms with Gasteiger partial charge in [0.25, 0.3) is 0 Å². The maximum atomic E-state index is 12.4. The first kappa shape index (κ1) is 21.4. The summed E-state index contributed by atoms with van der Waals surface area (Å²) in [6.45, 7) is 6.87. The van der Waals surface area contributed by atoms with Crippen LogP contribution in [0.5, 0.6) is 11.5 Å². The number of carbonyl (C=O) groups is 1. The monoisotopic (exact) mass is 427 g/mol. The highest BCUT2D eigenvalue weighted by Gasteiger charge is 2.25. The summed E-state index contributed by atoms with van der Waals surface area (Å²) in [5, 5.41) is 0. The van der Waals surface area contributed by atoms with Gasteiger partial charge in [0, 0.05) is 5.56 Å². The van der Waals surface area contributed by atoms with Crippen LogP contribution in [0.4, 0.5) is 0 Å². The van der Waals surface area contributed by atoms with Crippen LogP contribution in [-0.4, -0.2) is 18.5 Å². The molecule has 3 aromatic carbocycles. The highest BCUT2D eigenvalue weighted by atomic mass is 16.6. The molecule has 0 aromatic heterocycles. The van der Waals surface area contributed by atoms with Gasteiger partial charge in [0.1, 0.15) is 6.61 Å². The first-order valence-electron chi connectivity index (χ1n) is 10.6. The molecular formula is C27H25NO4. The molecule has 0 bridgehead atoms. The Hall–Kier alpha value is -3.86. The van der Waals surface area contributed by atoms with E-state index in [0.29, 0.717) is 30.6 Å². The van der Waals surface area contributed by atoms with E-state index in [1.54, 1.807) is 6.08 Å². The zero-order chi connectivity index (χ0) is 22.5. The quantitative estimate of drug-likeness (QED) is 0.362. The molecule has 4 rings (SSSR count). The lowest BCUT2D eigenvalue weighted by Crippen LogP contribution is -2.06. The summed E-state index contributed by atoms with van der Waals surface area (Å²) in [6.07, 6.45) is 1.69. The molecular weight excluding hydrogens is 402 g/mol. The summed E-state index contributed by atoms with van der Waals surface area (Å²) < 4.78 is 17.2. The van der Waals surface area contributed by atoms with Gasteiger partial charge in [-0.15, -0.1) is 0 Å². The third-order valence-electron chi connectivity index (χ3n) is 5.08. The molecule has 0 atom stereocenters. The van der Waals surface area contributed by atoms with Gasteiger partial charge in [0.2, 0.25) is 5.90 Å². The van der Waals surface area contributed by atoms with Gasteiger partial charge in [-0.3, -0.25) is 0 Å². The number of rotatable bonds is 7. The molecule has 0 radical (unpaired) electrons. The summed E-state index contributed by atoms with van der Waals surface area (Å²) in [5.74, 6) is 1.11. The largest absolute Gasteiger partial charge is 0.490 e. The second-order valence-corrected chi connectivity index (χ2v) is 7.56. The van der Waals surface area contributed by atoms with Crippen LogP contribution in [0.1, 0.15) is 34.7 Å². The molecule has 0 fully saturated rings. The van der Waals surface area contributed by atoms with E-state index >= 15 is 0 Å². The maximum Gasteiger partial charge on any atom is 0.363 e. The molecule has 32 heavy (non-hydrogen) atoms. The second kappa shape index (κ2) is 9.52. The number of ether oxygens (including phenoxy) is 3. The van der Waals surface area contributed by atoms with Crippen molar-refractivity contribution in [3.8, 4) is 11.5 Å². The third-order valence-corrected chi connectivity index (χ3v) is 5.08. The van der Waals surface area contributed by atoms with E-state index in [4.69, 9.17) is 14.2 Å². The van der Waals surface area contributed by atoms with Crippen LogP contribution in [0.15, 0.2) is 77.4 Å². The minimum atomic E-state index is -0.471. The van der Waals surface area contributed by atoms with Gasteiger partial charge in [-0.05, 0) is 61.7 Å². The molecule has 0 unspecified atom stereocenters. The summed E-state index contributed by atoms with van der Waals surface area (Å²) in [5.41, 5.74) is 5.11. The molecule has 1 aliphatic heterocycles. The van der Waals surface area contributed by atoms with Gasteiger partial charge in [-0.1, -0.05) is 54.1 Å². The number of cyclic esters (lactones) is 1. The lowest BCUT2D eigenvalue weighted by atomic mass is 10.1. The molecule has 0 spiro atoms. The molecule has 1 heterocycles. The van der Waals surface area contributed by atoms with Crippen molar-refractivity contribution in [2.24, 2.45) is 4.99 Å². The summed E-state index contributed by atoms with van der Waals surface area (Å²) in [4.78, 5) is 16.8. The minimum absolute atomic E-state index is 0.249. The van der Waals surface area contributed by atoms with Crippen molar-refractivity contribution in [2.45, 2.75) is 27.4 Å². The highest BCUT2D eigenvalue weighted by molar-refractivity contribution is 6.13. The van der Waals surface area contributed by atoms with Gasteiger partial charge < -0.3 is 14.2 Å². The Morgan fingerprint density at radius 3 is 2.47 bits per heavy atom. The van der Waals surface area contributed by atoms with E-state index in [1.165, 1.54) is 5.56 Å². The summed E-state index contributed by atoms with van der Waals surface area (Å²) in [7, 11) is 0.